The summed E-state index contributed by atoms with van der Waals surface area (Å²) in [7, 11) is 1.31. The SMILES string of the molecule is C.CCC(CC)CCC1CCCC1.COC=O.O=CO. The van der Waals surface area contributed by atoms with Crippen LogP contribution in [0.25, 0.3) is 0 Å². The molecule has 0 aliphatic heterocycles. The Morgan fingerprint density at radius 1 is 1.20 bits per heavy atom. The van der Waals surface area contributed by atoms with E-state index >= 15 is 0 Å². The van der Waals surface area contributed by atoms with Crippen molar-refractivity contribution in [1.29, 1.82) is 0 Å². The molecule has 122 valence electrons. The molecule has 1 fully saturated rings. The highest BCUT2D eigenvalue weighted by atomic mass is 16.5. The first-order valence-corrected chi connectivity index (χ1v) is 7.24. The highest BCUT2D eigenvalue weighted by Crippen LogP contribution is 2.30. The first kappa shape index (κ1) is 24.0. The summed E-state index contributed by atoms with van der Waals surface area (Å²) in [5, 5.41) is 6.89. The second kappa shape index (κ2) is 20.3. The van der Waals surface area contributed by atoms with Crippen LogP contribution < -0.4 is 0 Å². The molecular weight excluding hydrogens is 256 g/mol. The predicted octanol–water partition coefficient (Wildman–Crippen LogP) is 4.52. The average Bonchev–Trinajstić information content (AvgIpc) is 2.94. The van der Waals surface area contributed by atoms with Crippen molar-refractivity contribution in [1.82, 2.24) is 0 Å². The number of carbonyl (C=O) groups is 2. The van der Waals surface area contributed by atoms with E-state index in [0.717, 1.165) is 11.8 Å². The summed E-state index contributed by atoms with van der Waals surface area (Å²) in [6.07, 6.45) is 11.9. The first-order chi connectivity index (χ1) is 9.19. The van der Waals surface area contributed by atoms with E-state index in [1.54, 1.807) is 0 Å². The smallest absolute Gasteiger partial charge is 0.292 e. The van der Waals surface area contributed by atoms with Crippen LogP contribution in [0.4, 0.5) is 0 Å². The van der Waals surface area contributed by atoms with E-state index < -0.39 is 0 Å². The van der Waals surface area contributed by atoms with Crippen molar-refractivity contribution in [3.63, 3.8) is 0 Å². The number of ether oxygens (including phenoxy) is 1. The number of hydrogen-bond donors (Lipinski definition) is 1. The zero-order chi connectivity index (χ0) is 14.9. The van der Waals surface area contributed by atoms with E-state index in [1.807, 2.05) is 0 Å². The van der Waals surface area contributed by atoms with Crippen molar-refractivity contribution < 1.29 is 19.4 Å². The van der Waals surface area contributed by atoms with Crippen molar-refractivity contribution in [2.45, 2.75) is 72.6 Å². The Hall–Kier alpha value is -1.06. The lowest BCUT2D eigenvalue weighted by atomic mass is 9.91. The molecule has 0 bridgehead atoms. The van der Waals surface area contributed by atoms with Gasteiger partial charge in [0.15, 0.2) is 0 Å². The monoisotopic (exact) mass is 290 g/mol. The Morgan fingerprint density at radius 2 is 1.60 bits per heavy atom. The third-order valence-corrected chi connectivity index (χ3v) is 3.71. The summed E-state index contributed by atoms with van der Waals surface area (Å²) in [5.41, 5.74) is 0. The van der Waals surface area contributed by atoms with Crippen LogP contribution in [0.3, 0.4) is 0 Å². The maximum Gasteiger partial charge on any atom is 0.292 e. The average molecular weight is 290 g/mol. The van der Waals surface area contributed by atoms with Crippen LogP contribution in [0.5, 0.6) is 0 Å². The van der Waals surface area contributed by atoms with Crippen molar-refractivity contribution in [2.75, 3.05) is 7.11 Å². The van der Waals surface area contributed by atoms with Crippen LogP contribution in [0.2, 0.25) is 0 Å². The van der Waals surface area contributed by atoms with Gasteiger partial charge in [0.25, 0.3) is 12.9 Å². The fourth-order valence-electron chi connectivity index (χ4n) is 2.47. The third kappa shape index (κ3) is 16.9. The predicted molar refractivity (Wildman–Crippen MR) is 83.8 cm³/mol. The maximum absolute atomic E-state index is 8.95. The third-order valence-electron chi connectivity index (χ3n) is 3.71. The molecule has 0 aromatic heterocycles. The van der Waals surface area contributed by atoms with Crippen LogP contribution in [-0.4, -0.2) is 25.2 Å². The molecule has 0 amide bonds. The van der Waals surface area contributed by atoms with Gasteiger partial charge in [0, 0.05) is 0 Å². The normalized spacial score (nSPS) is 13.2. The van der Waals surface area contributed by atoms with Gasteiger partial charge in [-0.1, -0.05) is 72.6 Å². The lowest BCUT2D eigenvalue weighted by Gasteiger charge is -2.14. The van der Waals surface area contributed by atoms with Crippen molar-refractivity contribution in [2.24, 2.45) is 11.8 Å². The molecule has 0 spiro atoms. The largest absolute Gasteiger partial charge is 0.483 e. The van der Waals surface area contributed by atoms with E-state index in [9.17, 15) is 0 Å². The van der Waals surface area contributed by atoms with Gasteiger partial charge in [0.05, 0.1) is 7.11 Å². The Morgan fingerprint density at radius 3 is 1.90 bits per heavy atom. The van der Waals surface area contributed by atoms with Gasteiger partial charge in [0.1, 0.15) is 0 Å². The van der Waals surface area contributed by atoms with Gasteiger partial charge in [-0.15, -0.1) is 0 Å². The van der Waals surface area contributed by atoms with Gasteiger partial charge in [-0.3, -0.25) is 9.59 Å². The zero-order valence-electron chi connectivity index (χ0n) is 12.6. The van der Waals surface area contributed by atoms with Gasteiger partial charge >= 0.3 is 0 Å². The van der Waals surface area contributed by atoms with Crippen molar-refractivity contribution in [3.05, 3.63) is 0 Å². The molecule has 1 aliphatic rings. The summed E-state index contributed by atoms with van der Waals surface area (Å²) in [6.45, 7) is 4.80. The van der Waals surface area contributed by atoms with E-state index in [1.165, 1.54) is 58.5 Å². The molecule has 1 aliphatic carbocycles. The molecule has 0 heterocycles. The lowest BCUT2D eigenvalue weighted by molar-refractivity contribution is -0.126. The molecule has 0 aromatic carbocycles. The summed E-state index contributed by atoms with van der Waals surface area (Å²) in [6, 6.07) is 0. The van der Waals surface area contributed by atoms with E-state index in [2.05, 4.69) is 18.6 Å². The van der Waals surface area contributed by atoms with Gasteiger partial charge < -0.3 is 9.84 Å². The Bertz CT molecular complexity index is 183. The fraction of sp³-hybridized carbons (Fsp3) is 0.875. The van der Waals surface area contributed by atoms with Crippen LogP contribution >= 0.6 is 0 Å². The number of carbonyl (C=O) groups excluding carboxylic acids is 1. The minimum atomic E-state index is -0.250. The molecule has 0 aromatic rings. The second-order valence-electron chi connectivity index (χ2n) is 4.85. The summed E-state index contributed by atoms with van der Waals surface area (Å²) in [4.78, 5) is 17.3. The Kier molecular flexibility index (Phi) is 24.3. The van der Waals surface area contributed by atoms with Gasteiger partial charge in [-0.05, 0) is 11.8 Å². The number of carboxylic acid groups (broad SMARTS) is 1. The number of methoxy groups -OCH3 is 1. The number of rotatable bonds is 6. The van der Waals surface area contributed by atoms with E-state index in [4.69, 9.17) is 14.7 Å². The molecule has 20 heavy (non-hydrogen) atoms. The fourth-order valence-corrected chi connectivity index (χ4v) is 2.47. The summed E-state index contributed by atoms with van der Waals surface area (Å²) < 4.78 is 3.86. The lowest BCUT2D eigenvalue weighted by Crippen LogP contribution is -2.01. The van der Waals surface area contributed by atoms with Gasteiger partial charge in [-0.2, -0.15) is 0 Å². The summed E-state index contributed by atoms with van der Waals surface area (Å²) in [5.74, 6) is 2.12. The van der Waals surface area contributed by atoms with Gasteiger partial charge in [-0.25, -0.2) is 0 Å². The second-order valence-corrected chi connectivity index (χ2v) is 4.85. The molecule has 0 radical (unpaired) electrons. The minimum Gasteiger partial charge on any atom is -0.483 e. The molecule has 4 nitrogen and oxygen atoms in total. The summed E-state index contributed by atoms with van der Waals surface area (Å²) >= 11 is 0. The Labute approximate surface area is 124 Å². The standard InChI is InChI=1S/C12H24.C2H4O2.CH2O2.CH4/c1-3-11(4-2)9-10-12-7-5-6-8-12;1-4-2-3;2-1-3;/h11-12H,3-10H2,1-2H3;2H,1H3;1H,(H,2,3);1H4. The zero-order valence-corrected chi connectivity index (χ0v) is 12.6. The molecule has 4 heteroatoms. The minimum absolute atomic E-state index is 0. The van der Waals surface area contributed by atoms with Crippen LogP contribution in [-0.2, 0) is 14.3 Å². The molecule has 0 atom stereocenters. The molecule has 1 N–H and O–H groups in total. The molecule has 0 unspecified atom stereocenters. The molecule has 1 saturated carbocycles. The molecular formula is C16H34O4. The topological polar surface area (TPSA) is 63.6 Å². The van der Waals surface area contributed by atoms with Crippen LogP contribution in [0.15, 0.2) is 0 Å². The highest BCUT2D eigenvalue weighted by Gasteiger charge is 2.15. The molecule has 0 saturated heterocycles. The van der Waals surface area contributed by atoms with E-state index in [0.29, 0.717) is 6.47 Å². The van der Waals surface area contributed by atoms with Gasteiger partial charge in [0.2, 0.25) is 0 Å². The van der Waals surface area contributed by atoms with Crippen molar-refractivity contribution in [3.8, 4) is 0 Å². The van der Waals surface area contributed by atoms with Crippen LogP contribution in [0.1, 0.15) is 72.6 Å². The van der Waals surface area contributed by atoms with E-state index in [-0.39, 0.29) is 13.9 Å². The number of hydrogen-bond acceptors (Lipinski definition) is 3. The maximum atomic E-state index is 8.95. The Balaban J connectivity index is -0.000000307. The highest BCUT2D eigenvalue weighted by molar-refractivity contribution is 5.36. The first-order valence-electron chi connectivity index (χ1n) is 7.24. The van der Waals surface area contributed by atoms with Crippen molar-refractivity contribution >= 4 is 12.9 Å². The van der Waals surface area contributed by atoms with Crippen LogP contribution in [0, 0.1) is 11.8 Å². The molecule has 1 rings (SSSR count). The quantitative estimate of drug-likeness (QED) is 0.730.